The quantitative estimate of drug-likeness (QED) is 0.546. The largest absolute Gasteiger partial charge is 0.497 e. The third-order valence-corrected chi connectivity index (χ3v) is 6.62. The number of aryl methyl sites for hydroxylation is 1. The fourth-order valence-corrected chi connectivity index (χ4v) is 4.53. The second-order valence-electron chi connectivity index (χ2n) is 7.80. The lowest BCUT2D eigenvalue weighted by atomic mass is 10.1. The van der Waals surface area contributed by atoms with Gasteiger partial charge in [0, 0.05) is 41.7 Å². The fraction of sp³-hybridized carbons (Fsp3) is 0.269. The highest BCUT2D eigenvalue weighted by Crippen LogP contribution is 2.28. The summed E-state index contributed by atoms with van der Waals surface area (Å²) in [5.41, 5.74) is 3.51. The van der Waals surface area contributed by atoms with Gasteiger partial charge in [-0.1, -0.05) is 41.6 Å². The molecule has 0 bridgehead atoms. The number of carbonyl (C=O) groups is 1. The highest BCUT2D eigenvalue weighted by molar-refractivity contribution is 7.99. The molecular weight excluding hydrogens is 404 g/mol. The lowest BCUT2D eigenvalue weighted by Crippen LogP contribution is -2.49. The minimum Gasteiger partial charge on any atom is -0.497 e. The smallest absolute Gasteiger partial charge is 0.227 e. The van der Waals surface area contributed by atoms with Gasteiger partial charge in [0.1, 0.15) is 5.75 Å². The number of benzene rings is 3. The summed E-state index contributed by atoms with van der Waals surface area (Å²) in [5, 5.41) is 0. The Labute approximate surface area is 188 Å². The van der Waals surface area contributed by atoms with Crippen LogP contribution in [0.4, 0.5) is 5.69 Å². The van der Waals surface area contributed by atoms with E-state index in [-0.39, 0.29) is 5.91 Å². The number of methoxy groups -OCH3 is 1. The second-order valence-corrected chi connectivity index (χ2v) is 8.95. The first-order chi connectivity index (χ1) is 15.1. The molecule has 3 aromatic carbocycles. The van der Waals surface area contributed by atoms with Crippen LogP contribution in [0.2, 0.25) is 0 Å². The lowest BCUT2D eigenvalue weighted by molar-refractivity contribution is -0.130. The molecule has 1 heterocycles. The minimum atomic E-state index is 0.202. The zero-order chi connectivity index (χ0) is 21.6. The molecule has 0 aromatic heterocycles. The van der Waals surface area contributed by atoms with E-state index in [0.717, 1.165) is 37.5 Å². The minimum absolute atomic E-state index is 0.202. The van der Waals surface area contributed by atoms with Crippen molar-refractivity contribution in [1.29, 1.82) is 0 Å². The summed E-state index contributed by atoms with van der Waals surface area (Å²) in [4.78, 5) is 19.5. The predicted molar refractivity (Wildman–Crippen MR) is 127 cm³/mol. The summed E-state index contributed by atoms with van der Waals surface area (Å²) in [6.07, 6.45) is 0.456. The molecule has 1 aliphatic rings. The van der Waals surface area contributed by atoms with Crippen molar-refractivity contribution in [1.82, 2.24) is 4.90 Å². The number of carbonyl (C=O) groups excluding carboxylic acids is 1. The third kappa shape index (κ3) is 5.61. The van der Waals surface area contributed by atoms with Crippen LogP contribution in [0, 0.1) is 6.92 Å². The Hall–Kier alpha value is -2.92. The predicted octanol–water partition coefficient (Wildman–Crippen LogP) is 5.05. The summed E-state index contributed by atoms with van der Waals surface area (Å²) < 4.78 is 5.23. The molecular formula is C26H28N2O2S. The molecule has 0 saturated carbocycles. The zero-order valence-corrected chi connectivity index (χ0v) is 18.9. The number of anilines is 1. The van der Waals surface area contributed by atoms with Crippen molar-refractivity contribution in [2.75, 3.05) is 38.2 Å². The Morgan fingerprint density at radius 2 is 1.42 bits per heavy atom. The van der Waals surface area contributed by atoms with Crippen molar-refractivity contribution in [2.24, 2.45) is 0 Å². The maximum absolute atomic E-state index is 12.8. The van der Waals surface area contributed by atoms with Crippen molar-refractivity contribution in [2.45, 2.75) is 23.1 Å². The van der Waals surface area contributed by atoms with Crippen LogP contribution in [-0.2, 0) is 11.2 Å². The molecule has 31 heavy (non-hydrogen) atoms. The highest BCUT2D eigenvalue weighted by atomic mass is 32.2. The normalized spacial score (nSPS) is 13.9. The molecule has 4 rings (SSSR count). The van der Waals surface area contributed by atoms with Gasteiger partial charge in [-0.3, -0.25) is 4.79 Å². The van der Waals surface area contributed by atoms with E-state index in [4.69, 9.17) is 4.74 Å². The van der Waals surface area contributed by atoms with Gasteiger partial charge in [0.25, 0.3) is 0 Å². The summed E-state index contributed by atoms with van der Waals surface area (Å²) in [6, 6.07) is 25.0. The van der Waals surface area contributed by atoms with Gasteiger partial charge in [-0.15, -0.1) is 0 Å². The number of hydrogen-bond donors (Lipinski definition) is 0. The van der Waals surface area contributed by atoms with Crippen molar-refractivity contribution in [3.05, 3.63) is 83.9 Å². The standard InChI is InChI=1S/C26H28N2O2S/c1-20-3-11-24(12-4-20)31-25-13-5-21(6-14-25)19-26(29)28-17-15-27(16-18-28)22-7-9-23(30-2)10-8-22/h3-14H,15-19H2,1-2H3. The van der Waals surface area contributed by atoms with E-state index in [2.05, 4.69) is 72.5 Å². The summed E-state index contributed by atoms with van der Waals surface area (Å²) in [6.45, 7) is 5.31. The van der Waals surface area contributed by atoms with Gasteiger partial charge in [0.2, 0.25) is 5.91 Å². The van der Waals surface area contributed by atoms with E-state index in [1.165, 1.54) is 21.0 Å². The van der Waals surface area contributed by atoms with E-state index < -0.39 is 0 Å². The molecule has 4 nitrogen and oxygen atoms in total. The second kappa shape index (κ2) is 9.92. The molecule has 0 spiro atoms. The lowest BCUT2D eigenvalue weighted by Gasteiger charge is -2.36. The van der Waals surface area contributed by atoms with Gasteiger partial charge >= 0.3 is 0 Å². The molecule has 160 valence electrons. The maximum Gasteiger partial charge on any atom is 0.227 e. The van der Waals surface area contributed by atoms with E-state index in [0.29, 0.717) is 6.42 Å². The van der Waals surface area contributed by atoms with Crippen LogP contribution in [0.25, 0.3) is 0 Å². The fourth-order valence-electron chi connectivity index (χ4n) is 3.71. The molecule has 1 aliphatic heterocycles. The van der Waals surface area contributed by atoms with E-state index >= 15 is 0 Å². The highest BCUT2D eigenvalue weighted by Gasteiger charge is 2.21. The average Bonchev–Trinajstić information content (AvgIpc) is 2.82. The first-order valence-electron chi connectivity index (χ1n) is 10.6. The number of amides is 1. The Morgan fingerprint density at radius 3 is 2.00 bits per heavy atom. The Morgan fingerprint density at radius 1 is 0.839 bits per heavy atom. The molecule has 1 fully saturated rings. The van der Waals surface area contributed by atoms with Crippen molar-refractivity contribution in [3.63, 3.8) is 0 Å². The number of piperazine rings is 1. The number of nitrogens with zero attached hydrogens (tertiary/aromatic N) is 2. The molecule has 0 atom stereocenters. The molecule has 0 unspecified atom stereocenters. The molecule has 0 radical (unpaired) electrons. The van der Waals surface area contributed by atoms with Crippen LogP contribution in [0.15, 0.2) is 82.6 Å². The molecule has 5 heteroatoms. The Kier molecular flexibility index (Phi) is 6.82. The van der Waals surface area contributed by atoms with Gasteiger partial charge in [-0.25, -0.2) is 0 Å². The average molecular weight is 433 g/mol. The topological polar surface area (TPSA) is 32.8 Å². The number of ether oxygens (including phenoxy) is 1. The van der Waals surface area contributed by atoms with E-state index in [9.17, 15) is 4.79 Å². The zero-order valence-electron chi connectivity index (χ0n) is 18.1. The summed E-state index contributed by atoms with van der Waals surface area (Å²) in [7, 11) is 1.68. The third-order valence-electron chi connectivity index (χ3n) is 5.61. The van der Waals surface area contributed by atoms with Gasteiger partial charge in [-0.2, -0.15) is 0 Å². The number of rotatable bonds is 6. The van der Waals surface area contributed by atoms with Crippen LogP contribution in [0.5, 0.6) is 5.75 Å². The number of hydrogen-bond acceptors (Lipinski definition) is 4. The first kappa shape index (κ1) is 21.3. The van der Waals surface area contributed by atoms with Gasteiger partial charge in [0.05, 0.1) is 13.5 Å². The van der Waals surface area contributed by atoms with Gasteiger partial charge in [-0.05, 0) is 61.0 Å². The van der Waals surface area contributed by atoms with Crippen molar-refractivity contribution < 1.29 is 9.53 Å². The van der Waals surface area contributed by atoms with Gasteiger partial charge < -0.3 is 14.5 Å². The van der Waals surface area contributed by atoms with Crippen LogP contribution in [0.3, 0.4) is 0 Å². The van der Waals surface area contributed by atoms with E-state index in [1.807, 2.05) is 17.0 Å². The molecule has 0 N–H and O–H groups in total. The molecule has 0 aliphatic carbocycles. The van der Waals surface area contributed by atoms with Crippen LogP contribution in [-0.4, -0.2) is 44.1 Å². The van der Waals surface area contributed by atoms with Crippen LogP contribution in [0.1, 0.15) is 11.1 Å². The first-order valence-corrected chi connectivity index (χ1v) is 11.4. The van der Waals surface area contributed by atoms with Crippen LogP contribution < -0.4 is 9.64 Å². The maximum atomic E-state index is 12.8. The Balaban J connectivity index is 1.28. The van der Waals surface area contributed by atoms with Crippen molar-refractivity contribution >= 4 is 23.4 Å². The monoisotopic (exact) mass is 432 g/mol. The van der Waals surface area contributed by atoms with Gasteiger partial charge in [0.15, 0.2) is 0 Å². The molecule has 1 amide bonds. The summed E-state index contributed by atoms with van der Waals surface area (Å²) in [5.74, 6) is 1.06. The van der Waals surface area contributed by atoms with E-state index in [1.54, 1.807) is 18.9 Å². The van der Waals surface area contributed by atoms with Crippen LogP contribution >= 0.6 is 11.8 Å². The summed E-state index contributed by atoms with van der Waals surface area (Å²) >= 11 is 1.74. The molecule has 1 saturated heterocycles. The molecule has 3 aromatic rings. The Bertz CT molecular complexity index is 993. The van der Waals surface area contributed by atoms with Crippen molar-refractivity contribution in [3.8, 4) is 5.75 Å². The SMILES string of the molecule is COc1ccc(N2CCN(C(=O)Cc3ccc(Sc4ccc(C)cc4)cc3)CC2)cc1.